The summed E-state index contributed by atoms with van der Waals surface area (Å²) >= 11 is 0. The summed E-state index contributed by atoms with van der Waals surface area (Å²) in [5.74, 6) is -2.18. The zero-order valence-electron chi connectivity index (χ0n) is 17.3. The van der Waals surface area contributed by atoms with Gasteiger partial charge in [-0.05, 0) is 47.0 Å². The number of amides is 1. The summed E-state index contributed by atoms with van der Waals surface area (Å²) in [4.78, 5) is 11.9. The van der Waals surface area contributed by atoms with E-state index in [1.807, 2.05) is 30.3 Å². The summed E-state index contributed by atoms with van der Waals surface area (Å²) in [5.41, 5.74) is 7.54. The van der Waals surface area contributed by atoms with Crippen LogP contribution in [-0.4, -0.2) is 30.3 Å². The van der Waals surface area contributed by atoms with Crippen LogP contribution in [0.15, 0.2) is 72.8 Å². The molecule has 1 unspecified atom stereocenters. The number of hydrogen-bond donors (Lipinski definition) is 3. The van der Waals surface area contributed by atoms with Crippen molar-refractivity contribution in [1.29, 1.82) is 0 Å². The lowest BCUT2D eigenvalue weighted by Gasteiger charge is -2.14. The van der Waals surface area contributed by atoms with Gasteiger partial charge in [-0.25, -0.2) is 8.78 Å². The van der Waals surface area contributed by atoms with Crippen molar-refractivity contribution in [3.8, 4) is 5.75 Å². The van der Waals surface area contributed by atoms with Crippen molar-refractivity contribution < 1.29 is 23.4 Å². The minimum atomic E-state index is -1.01. The molecular formula is C25H24F2N2O3. The maximum Gasteiger partial charge on any atom is 0.249 e. The van der Waals surface area contributed by atoms with Gasteiger partial charge in [0.25, 0.3) is 0 Å². The molecule has 3 rings (SSSR count). The first-order valence-corrected chi connectivity index (χ1v) is 10.0. The molecule has 1 atom stereocenters. The second kappa shape index (κ2) is 11.2. The predicted octanol–water partition coefficient (Wildman–Crippen LogP) is 3.52. The van der Waals surface area contributed by atoms with E-state index in [4.69, 9.17) is 10.5 Å². The van der Waals surface area contributed by atoms with Crippen LogP contribution in [0.3, 0.4) is 0 Å². The fourth-order valence-electron chi connectivity index (χ4n) is 3.03. The van der Waals surface area contributed by atoms with E-state index in [-0.39, 0.29) is 12.2 Å². The number of rotatable bonds is 10. The number of carbonyl (C=O) groups excluding carboxylic acids is 1. The van der Waals surface area contributed by atoms with Gasteiger partial charge in [0.15, 0.2) is 11.6 Å². The molecule has 32 heavy (non-hydrogen) atoms. The van der Waals surface area contributed by atoms with Crippen molar-refractivity contribution in [3.05, 3.63) is 101 Å². The first-order valence-electron chi connectivity index (χ1n) is 10.0. The van der Waals surface area contributed by atoms with E-state index in [1.165, 1.54) is 12.1 Å². The van der Waals surface area contributed by atoms with Gasteiger partial charge in [0.1, 0.15) is 18.5 Å². The fourth-order valence-corrected chi connectivity index (χ4v) is 3.03. The maximum atomic E-state index is 13.4. The average Bonchev–Trinajstić information content (AvgIpc) is 2.79. The highest BCUT2D eigenvalue weighted by molar-refractivity contribution is 6.23. The topological polar surface area (TPSA) is 84.6 Å². The molecule has 0 aliphatic carbocycles. The second-order valence-electron chi connectivity index (χ2n) is 7.20. The van der Waals surface area contributed by atoms with Crippen LogP contribution in [0.5, 0.6) is 5.75 Å². The minimum absolute atomic E-state index is 0.0918. The Morgan fingerprint density at radius 3 is 2.41 bits per heavy atom. The molecule has 0 aromatic heterocycles. The summed E-state index contributed by atoms with van der Waals surface area (Å²) in [6.07, 6.45) is 0.691. The van der Waals surface area contributed by atoms with E-state index in [2.05, 4.69) is 5.32 Å². The molecule has 0 fully saturated rings. The van der Waals surface area contributed by atoms with E-state index in [9.17, 15) is 18.7 Å². The van der Waals surface area contributed by atoms with Crippen molar-refractivity contribution >= 4 is 17.6 Å². The molecule has 166 valence electrons. The van der Waals surface area contributed by atoms with E-state index >= 15 is 0 Å². The maximum absolute atomic E-state index is 13.4. The molecule has 0 radical (unpaired) electrons. The summed E-state index contributed by atoms with van der Waals surface area (Å²) in [5, 5.41) is 13.3. The SMILES string of the molecule is NC(=O)/C(=C/c1ccc(F)c(F)c1)c1ccc(OCC(O)CNCc2ccccc2)cc1. The van der Waals surface area contributed by atoms with Crippen LogP contribution in [0.25, 0.3) is 11.6 Å². The number of carbonyl (C=O) groups is 1. The monoisotopic (exact) mass is 438 g/mol. The fraction of sp³-hybridized carbons (Fsp3) is 0.160. The lowest BCUT2D eigenvalue weighted by atomic mass is 10.0. The molecule has 7 heteroatoms. The number of nitrogens with two attached hydrogens (primary N) is 1. The Morgan fingerprint density at radius 2 is 1.75 bits per heavy atom. The van der Waals surface area contributed by atoms with Crippen LogP contribution in [-0.2, 0) is 11.3 Å². The Bertz CT molecular complexity index is 1070. The third-order valence-electron chi connectivity index (χ3n) is 4.68. The van der Waals surface area contributed by atoms with Gasteiger partial charge < -0.3 is 20.9 Å². The van der Waals surface area contributed by atoms with Crippen LogP contribution < -0.4 is 15.8 Å². The second-order valence-corrected chi connectivity index (χ2v) is 7.20. The van der Waals surface area contributed by atoms with Crippen LogP contribution in [0.2, 0.25) is 0 Å². The van der Waals surface area contributed by atoms with Crippen LogP contribution in [0.1, 0.15) is 16.7 Å². The smallest absolute Gasteiger partial charge is 0.249 e. The summed E-state index contributed by atoms with van der Waals surface area (Å²) in [7, 11) is 0. The molecule has 0 aliphatic heterocycles. The zero-order chi connectivity index (χ0) is 22.9. The molecule has 0 bridgehead atoms. The number of benzene rings is 3. The van der Waals surface area contributed by atoms with Gasteiger partial charge in [0.05, 0.1) is 0 Å². The molecule has 0 aliphatic rings. The van der Waals surface area contributed by atoms with Gasteiger partial charge in [0, 0.05) is 18.7 Å². The number of hydrogen-bond acceptors (Lipinski definition) is 4. The summed E-state index contributed by atoms with van der Waals surface area (Å²) in [6.45, 7) is 1.11. The van der Waals surface area contributed by atoms with Gasteiger partial charge in [-0.3, -0.25) is 4.79 Å². The standard InChI is InChI=1S/C25H24F2N2O3/c26-23-11-6-18(13-24(23)27)12-22(25(28)31)19-7-9-21(10-8-19)32-16-20(30)15-29-14-17-4-2-1-3-5-17/h1-13,20,29-30H,14-16H2,(H2,28,31)/b22-12+. The van der Waals surface area contributed by atoms with Crippen LogP contribution in [0, 0.1) is 11.6 Å². The molecule has 3 aromatic rings. The summed E-state index contributed by atoms with van der Waals surface area (Å²) < 4.78 is 32.1. The molecule has 0 saturated heterocycles. The van der Waals surface area contributed by atoms with Crippen molar-refractivity contribution in [1.82, 2.24) is 5.32 Å². The summed E-state index contributed by atoms with van der Waals surface area (Å²) in [6, 6.07) is 19.7. The number of halogens is 2. The average molecular weight is 438 g/mol. The largest absolute Gasteiger partial charge is 0.491 e. The quantitative estimate of drug-likeness (QED) is 0.334. The Labute approximate surface area is 185 Å². The molecule has 0 spiro atoms. The molecule has 4 N–H and O–H groups in total. The van der Waals surface area contributed by atoms with Crippen molar-refractivity contribution in [2.45, 2.75) is 12.6 Å². The highest BCUT2D eigenvalue weighted by atomic mass is 19.2. The highest BCUT2D eigenvalue weighted by Crippen LogP contribution is 2.22. The van der Waals surface area contributed by atoms with E-state index in [0.29, 0.717) is 30.0 Å². The van der Waals surface area contributed by atoms with Gasteiger partial charge in [-0.1, -0.05) is 48.5 Å². The first kappa shape index (κ1) is 23.1. The third kappa shape index (κ3) is 6.73. The number of nitrogens with one attached hydrogen (secondary N) is 1. The van der Waals surface area contributed by atoms with Gasteiger partial charge in [-0.15, -0.1) is 0 Å². The molecule has 3 aromatic carbocycles. The van der Waals surface area contributed by atoms with Gasteiger partial charge in [0.2, 0.25) is 5.91 Å². The lowest BCUT2D eigenvalue weighted by Crippen LogP contribution is -2.31. The molecule has 0 heterocycles. The number of aliphatic hydroxyl groups excluding tert-OH is 1. The predicted molar refractivity (Wildman–Crippen MR) is 120 cm³/mol. The normalized spacial score (nSPS) is 12.4. The van der Waals surface area contributed by atoms with Crippen LogP contribution >= 0.6 is 0 Å². The van der Waals surface area contributed by atoms with Crippen molar-refractivity contribution in [2.24, 2.45) is 5.73 Å². The Hall–Kier alpha value is -3.55. The third-order valence-corrected chi connectivity index (χ3v) is 4.68. The molecular weight excluding hydrogens is 414 g/mol. The first-order chi connectivity index (χ1) is 15.4. The molecule has 1 amide bonds. The molecule has 0 saturated carbocycles. The highest BCUT2D eigenvalue weighted by Gasteiger charge is 2.11. The minimum Gasteiger partial charge on any atom is -0.491 e. The van der Waals surface area contributed by atoms with E-state index in [0.717, 1.165) is 17.7 Å². The molecule has 5 nitrogen and oxygen atoms in total. The zero-order valence-corrected chi connectivity index (χ0v) is 17.3. The number of aliphatic hydroxyl groups is 1. The number of ether oxygens (including phenoxy) is 1. The van der Waals surface area contributed by atoms with Crippen molar-refractivity contribution in [2.75, 3.05) is 13.2 Å². The Balaban J connectivity index is 1.56. The number of primary amides is 1. The van der Waals surface area contributed by atoms with E-state index in [1.54, 1.807) is 24.3 Å². The van der Waals surface area contributed by atoms with Gasteiger partial charge >= 0.3 is 0 Å². The Kier molecular flexibility index (Phi) is 8.08. The van der Waals surface area contributed by atoms with Crippen LogP contribution in [0.4, 0.5) is 8.78 Å². The lowest BCUT2D eigenvalue weighted by molar-refractivity contribution is -0.112. The van der Waals surface area contributed by atoms with E-state index < -0.39 is 23.6 Å². The Morgan fingerprint density at radius 1 is 1.03 bits per heavy atom. The van der Waals surface area contributed by atoms with Crippen molar-refractivity contribution in [3.63, 3.8) is 0 Å². The van der Waals surface area contributed by atoms with Gasteiger partial charge in [-0.2, -0.15) is 0 Å².